The maximum atomic E-state index is 13.7. The van der Waals surface area contributed by atoms with Crippen molar-refractivity contribution in [3.8, 4) is 11.5 Å². The Morgan fingerprint density at radius 2 is 1.91 bits per heavy atom. The zero-order chi connectivity index (χ0) is 25.2. The van der Waals surface area contributed by atoms with Gasteiger partial charge in [0.05, 0.1) is 26.3 Å². The van der Waals surface area contributed by atoms with Crippen molar-refractivity contribution in [3.05, 3.63) is 48.0 Å². The molecule has 0 saturated heterocycles. The van der Waals surface area contributed by atoms with Gasteiger partial charge in [0.1, 0.15) is 29.6 Å². The number of fused-ring (bicyclic) bond motifs is 1. The summed E-state index contributed by atoms with van der Waals surface area (Å²) in [5, 5.41) is 11.2. The number of hydrogen-bond acceptors (Lipinski definition) is 7. The smallest absolute Gasteiger partial charge is 0.247 e. The van der Waals surface area contributed by atoms with Gasteiger partial charge < -0.3 is 24.4 Å². The third kappa shape index (κ3) is 6.27. The summed E-state index contributed by atoms with van der Waals surface area (Å²) >= 11 is 0. The van der Waals surface area contributed by atoms with E-state index in [1.165, 1.54) is 7.11 Å². The number of unbranched alkanes of at least 4 members (excludes halogenated alkanes) is 1. The molecule has 1 heterocycles. The van der Waals surface area contributed by atoms with E-state index in [1.807, 2.05) is 31.2 Å². The molecule has 0 aliphatic rings. The van der Waals surface area contributed by atoms with Crippen LogP contribution in [0, 0.1) is 0 Å². The number of nitrogens with zero attached hydrogens (tertiary/aromatic N) is 4. The largest absolute Gasteiger partial charge is 0.497 e. The third-order valence-corrected chi connectivity index (χ3v) is 5.68. The highest BCUT2D eigenvalue weighted by molar-refractivity contribution is 5.90. The lowest BCUT2D eigenvalue weighted by molar-refractivity contribution is -0.141. The molecule has 2 amide bonds. The number of carbonyl (C=O) groups excluding carboxylic acids is 2. The van der Waals surface area contributed by atoms with E-state index in [0.717, 1.165) is 18.4 Å². The Hall–Kier alpha value is -3.66. The van der Waals surface area contributed by atoms with Crippen LogP contribution in [0.4, 0.5) is 0 Å². The molecule has 35 heavy (non-hydrogen) atoms. The minimum absolute atomic E-state index is 0.0510. The van der Waals surface area contributed by atoms with Gasteiger partial charge in [-0.15, -0.1) is 5.10 Å². The molecule has 0 bridgehead atoms. The van der Waals surface area contributed by atoms with Crippen LogP contribution in [0.15, 0.2) is 42.5 Å². The Kier molecular flexibility index (Phi) is 9.42. The van der Waals surface area contributed by atoms with Gasteiger partial charge in [0.2, 0.25) is 11.8 Å². The van der Waals surface area contributed by atoms with E-state index in [4.69, 9.17) is 14.2 Å². The fourth-order valence-electron chi connectivity index (χ4n) is 3.85. The highest BCUT2D eigenvalue weighted by Crippen LogP contribution is 2.33. The Balaban J connectivity index is 2.01. The summed E-state index contributed by atoms with van der Waals surface area (Å²) in [6, 6.07) is 11.7. The fourth-order valence-corrected chi connectivity index (χ4v) is 3.85. The first-order chi connectivity index (χ1) is 17.0. The van der Waals surface area contributed by atoms with E-state index in [2.05, 4.69) is 15.6 Å². The highest BCUT2D eigenvalue weighted by Gasteiger charge is 2.33. The van der Waals surface area contributed by atoms with Crippen molar-refractivity contribution in [1.82, 2.24) is 25.2 Å². The summed E-state index contributed by atoms with van der Waals surface area (Å²) in [5.74, 6) is 0.471. The molecule has 0 fully saturated rings. The van der Waals surface area contributed by atoms with Crippen LogP contribution in [0.1, 0.15) is 31.4 Å². The van der Waals surface area contributed by atoms with Gasteiger partial charge >= 0.3 is 0 Å². The Morgan fingerprint density at radius 1 is 1.11 bits per heavy atom. The van der Waals surface area contributed by atoms with Crippen molar-refractivity contribution in [1.29, 1.82) is 0 Å². The average Bonchev–Trinajstić information content (AvgIpc) is 3.29. The Labute approximate surface area is 205 Å². The molecular weight excluding hydrogens is 450 g/mol. The Bertz CT molecular complexity index is 1130. The van der Waals surface area contributed by atoms with Crippen molar-refractivity contribution in [2.75, 3.05) is 41.0 Å². The van der Waals surface area contributed by atoms with Crippen LogP contribution >= 0.6 is 0 Å². The van der Waals surface area contributed by atoms with Crippen LogP contribution < -0.4 is 14.8 Å². The maximum absolute atomic E-state index is 13.7. The Morgan fingerprint density at radius 3 is 2.63 bits per heavy atom. The number of hydrogen-bond donors (Lipinski definition) is 1. The minimum Gasteiger partial charge on any atom is -0.497 e. The summed E-state index contributed by atoms with van der Waals surface area (Å²) in [4.78, 5) is 28.8. The number of nitrogens with one attached hydrogen (secondary N) is 1. The first-order valence-electron chi connectivity index (χ1n) is 11.6. The molecule has 3 rings (SSSR count). The first-order valence-corrected chi connectivity index (χ1v) is 11.6. The van der Waals surface area contributed by atoms with Gasteiger partial charge in [-0.3, -0.25) is 9.59 Å². The molecule has 188 valence electrons. The van der Waals surface area contributed by atoms with E-state index < -0.39 is 6.04 Å². The van der Waals surface area contributed by atoms with Crippen molar-refractivity contribution < 1.29 is 23.8 Å². The second-order valence-corrected chi connectivity index (χ2v) is 7.97. The number of rotatable bonds is 13. The molecule has 0 aliphatic heterocycles. The second-order valence-electron chi connectivity index (χ2n) is 7.97. The third-order valence-electron chi connectivity index (χ3n) is 5.68. The lowest BCUT2D eigenvalue weighted by Crippen LogP contribution is -2.46. The van der Waals surface area contributed by atoms with E-state index >= 15 is 0 Å². The molecule has 0 saturated carbocycles. The number of carbonyl (C=O) groups is 2. The van der Waals surface area contributed by atoms with Crippen LogP contribution in [-0.4, -0.2) is 72.7 Å². The zero-order valence-electron chi connectivity index (χ0n) is 20.7. The van der Waals surface area contributed by atoms with Crippen molar-refractivity contribution in [3.63, 3.8) is 0 Å². The molecule has 1 N–H and O–H groups in total. The lowest BCUT2D eigenvalue weighted by Gasteiger charge is -2.32. The van der Waals surface area contributed by atoms with Crippen LogP contribution in [0.3, 0.4) is 0 Å². The molecule has 1 aromatic heterocycles. The summed E-state index contributed by atoms with van der Waals surface area (Å²) in [5.41, 5.74) is 2.02. The first kappa shape index (κ1) is 26.0. The molecule has 0 unspecified atom stereocenters. The number of aromatic nitrogens is 3. The fraction of sp³-hybridized carbons (Fsp3) is 0.440. The van der Waals surface area contributed by atoms with Gasteiger partial charge in [-0.2, -0.15) is 0 Å². The van der Waals surface area contributed by atoms with Crippen molar-refractivity contribution in [2.24, 2.45) is 0 Å². The molecule has 1 atom stereocenters. The molecule has 0 spiro atoms. The summed E-state index contributed by atoms with van der Waals surface area (Å²) in [7, 11) is 4.65. The SMILES string of the molecule is CCCCN(C(=O)Cn1nnc2ccccc21)[C@@H](C(=O)NCCOC)c1ccc(OC)cc1OC. The lowest BCUT2D eigenvalue weighted by atomic mass is 10.0. The van der Waals surface area contributed by atoms with Crippen LogP contribution in [0.2, 0.25) is 0 Å². The van der Waals surface area contributed by atoms with Gasteiger partial charge in [0.25, 0.3) is 0 Å². The predicted molar refractivity (Wildman–Crippen MR) is 131 cm³/mol. The van der Waals surface area contributed by atoms with Gasteiger partial charge in [0.15, 0.2) is 0 Å². The van der Waals surface area contributed by atoms with Crippen molar-refractivity contribution in [2.45, 2.75) is 32.4 Å². The standard InChI is InChI=1S/C25H33N5O5/c1-5-6-14-29(23(31)17-30-21-10-8-7-9-20(21)27-28-30)24(25(32)26-13-15-33-2)19-12-11-18(34-3)16-22(19)35-4/h7-12,16,24H,5-6,13-15,17H2,1-4H3,(H,26,32)/t24-/m1/s1. The monoisotopic (exact) mass is 483 g/mol. The number of para-hydroxylation sites is 1. The summed E-state index contributed by atoms with van der Waals surface area (Å²) < 4.78 is 17.6. The van der Waals surface area contributed by atoms with E-state index in [0.29, 0.717) is 42.3 Å². The highest BCUT2D eigenvalue weighted by atomic mass is 16.5. The normalized spacial score (nSPS) is 11.8. The number of methoxy groups -OCH3 is 3. The number of amides is 2. The predicted octanol–water partition coefficient (Wildman–Crippen LogP) is 2.58. The van der Waals surface area contributed by atoms with E-state index in [1.54, 1.807) is 42.0 Å². The summed E-state index contributed by atoms with van der Waals surface area (Å²) in [6.07, 6.45) is 1.58. The van der Waals surface area contributed by atoms with Crippen LogP contribution in [0.5, 0.6) is 11.5 Å². The average molecular weight is 484 g/mol. The van der Waals surface area contributed by atoms with Gasteiger partial charge in [-0.1, -0.05) is 30.7 Å². The van der Waals surface area contributed by atoms with E-state index in [9.17, 15) is 9.59 Å². The quantitative estimate of drug-likeness (QED) is 0.372. The van der Waals surface area contributed by atoms with Crippen LogP contribution in [-0.2, 0) is 20.9 Å². The van der Waals surface area contributed by atoms with Gasteiger partial charge in [-0.05, 0) is 30.7 Å². The molecule has 10 heteroatoms. The molecule has 0 radical (unpaired) electrons. The molecular formula is C25H33N5O5. The molecule has 3 aromatic rings. The minimum atomic E-state index is -0.915. The maximum Gasteiger partial charge on any atom is 0.247 e. The van der Waals surface area contributed by atoms with Gasteiger partial charge in [0, 0.05) is 31.8 Å². The number of ether oxygens (including phenoxy) is 3. The molecule has 2 aromatic carbocycles. The zero-order valence-corrected chi connectivity index (χ0v) is 20.7. The van der Waals surface area contributed by atoms with Gasteiger partial charge in [-0.25, -0.2) is 4.68 Å². The second kappa shape index (κ2) is 12.7. The van der Waals surface area contributed by atoms with E-state index in [-0.39, 0.29) is 18.4 Å². The van der Waals surface area contributed by atoms with Crippen molar-refractivity contribution >= 4 is 22.8 Å². The topological polar surface area (TPSA) is 108 Å². The molecule has 10 nitrogen and oxygen atoms in total. The summed E-state index contributed by atoms with van der Waals surface area (Å²) in [6.45, 7) is 3.04. The number of benzene rings is 2. The molecule has 0 aliphatic carbocycles. The van der Waals surface area contributed by atoms with Crippen LogP contribution in [0.25, 0.3) is 11.0 Å².